The van der Waals surface area contributed by atoms with Gasteiger partial charge in [-0.3, -0.25) is 30.2 Å². The predicted octanol–water partition coefficient (Wildman–Crippen LogP) is -5.39. The fourth-order valence-corrected chi connectivity index (χ4v) is 5.15. The third-order valence-electron chi connectivity index (χ3n) is 7.19. The van der Waals surface area contributed by atoms with E-state index in [0.717, 1.165) is 0 Å². The molecule has 22 heteroatoms. The molecule has 238 valence electrons. The van der Waals surface area contributed by atoms with Crippen LogP contribution in [0.1, 0.15) is 0 Å². The first kappa shape index (κ1) is 31.3. The number of aliphatic hydroxyl groups is 3. The SMILES string of the molecule is C=C1[C@@H](O)[C@H](N2C=NC3C(=O)NC(N)=NC32)O[C@@H]1CO.C=C1[C@@H](OC(=O)P(O)O)O[C@@H](N2C=NC3C(=O)NC(N)=NC32)[C@@H]1O. The van der Waals surface area contributed by atoms with Crippen LogP contribution in [0, 0.1) is 0 Å². The molecule has 0 saturated carbocycles. The lowest BCUT2D eigenvalue weighted by Crippen LogP contribution is -2.56. The van der Waals surface area contributed by atoms with Crippen LogP contribution in [0.4, 0.5) is 4.79 Å². The summed E-state index contributed by atoms with van der Waals surface area (Å²) < 4.78 is 15.7. The Morgan fingerprint density at radius 1 is 0.932 bits per heavy atom. The van der Waals surface area contributed by atoms with Crippen molar-refractivity contribution in [2.45, 2.75) is 61.5 Å². The molecule has 0 aromatic rings. The van der Waals surface area contributed by atoms with Gasteiger partial charge in [-0.1, -0.05) is 13.2 Å². The summed E-state index contributed by atoms with van der Waals surface area (Å²) in [6, 6.07) is -1.58. The Balaban J connectivity index is 0.000000177. The van der Waals surface area contributed by atoms with Gasteiger partial charge in [0.2, 0.25) is 6.29 Å². The third-order valence-corrected chi connectivity index (χ3v) is 7.62. The van der Waals surface area contributed by atoms with Crippen LogP contribution >= 0.6 is 8.38 Å². The highest BCUT2D eigenvalue weighted by atomic mass is 31.2. The van der Waals surface area contributed by atoms with Gasteiger partial charge in [0.15, 0.2) is 48.8 Å². The summed E-state index contributed by atoms with van der Waals surface area (Å²) in [6.45, 7) is 6.98. The van der Waals surface area contributed by atoms with Gasteiger partial charge in [-0.25, -0.2) is 14.8 Å². The molecule has 2 fully saturated rings. The minimum atomic E-state index is -2.96. The number of nitrogens with one attached hydrogen (secondary N) is 2. The van der Waals surface area contributed by atoms with Crippen LogP contribution in [0.25, 0.3) is 0 Å². The Bertz CT molecular complexity index is 1370. The van der Waals surface area contributed by atoms with Gasteiger partial charge in [-0.05, 0) is 5.57 Å². The zero-order valence-electron chi connectivity index (χ0n) is 22.5. The molecule has 10 atom stereocenters. The maximum atomic E-state index is 11.8. The van der Waals surface area contributed by atoms with Gasteiger partial charge in [0.05, 0.1) is 19.3 Å². The summed E-state index contributed by atoms with van der Waals surface area (Å²) >= 11 is 0. The van der Waals surface area contributed by atoms with E-state index in [1.54, 1.807) is 0 Å². The van der Waals surface area contributed by atoms with E-state index >= 15 is 0 Å². The number of aliphatic hydroxyl groups excluding tert-OH is 3. The standard InChI is InChI=1S/C11H14N5O7P.C11H15N5O4/c1-3-5(17)8(22-9(3)23-11(19)24(20)21)16-2-13-4-6(16)14-10(12)15-7(4)18;1-4-5(2-17)20-10(7(4)18)16-3-13-6-8(16)14-11(12)15-9(6)19/h2,4-6,8-9,17,20-21H,1H2,(H3,12,14,15,18);3,5-8,10,17-18H,1-2H2,(H3,12,14,15,19)/t4?,5-,6?,8-,9-;5-,6?,7-,8?,10-/m11/s1. The third kappa shape index (κ3) is 5.62. The molecule has 6 heterocycles. The Morgan fingerprint density at radius 2 is 1.41 bits per heavy atom. The fraction of sp³-hybridized carbons (Fsp3) is 0.500. The normalized spacial score (nSPS) is 37.2. The lowest BCUT2D eigenvalue weighted by atomic mass is 10.1. The molecule has 0 bridgehead atoms. The van der Waals surface area contributed by atoms with Crippen LogP contribution in [-0.2, 0) is 23.8 Å². The minimum absolute atomic E-state index is 0.000683. The molecular weight excluding hydrogens is 611 g/mol. The Hall–Kier alpha value is -4.08. The molecule has 44 heavy (non-hydrogen) atoms. The number of fused-ring (bicyclic) bond motifs is 2. The molecule has 0 spiro atoms. The van der Waals surface area contributed by atoms with Crippen molar-refractivity contribution in [2.75, 3.05) is 6.61 Å². The lowest BCUT2D eigenvalue weighted by molar-refractivity contribution is -0.135. The molecule has 4 unspecified atom stereocenters. The van der Waals surface area contributed by atoms with Crippen LogP contribution in [0.2, 0.25) is 0 Å². The summed E-state index contributed by atoms with van der Waals surface area (Å²) in [4.78, 5) is 71.5. The number of rotatable bonds is 5. The average molecular weight is 641 g/mol. The molecule has 11 N–H and O–H groups in total. The second-order valence-electron chi connectivity index (χ2n) is 9.92. The molecule has 2 amide bonds. The molecule has 6 aliphatic rings. The summed E-state index contributed by atoms with van der Waals surface area (Å²) in [5.41, 5.74) is 10.1. The highest BCUT2D eigenvalue weighted by Gasteiger charge is 2.51. The number of nitrogens with zero attached hydrogens (tertiary/aromatic N) is 6. The quantitative estimate of drug-likeness (QED) is 0.100. The van der Waals surface area contributed by atoms with Crippen molar-refractivity contribution < 1.29 is 53.7 Å². The van der Waals surface area contributed by atoms with Gasteiger partial charge in [-0.2, -0.15) is 0 Å². The summed E-state index contributed by atoms with van der Waals surface area (Å²) in [6.07, 6.45) is -5.04. The van der Waals surface area contributed by atoms with Gasteiger partial charge < -0.3 is 60.6 Å². The zero-order chi connectivity index (χ0) is 32.0. The Kier molecular flexibility index (Phi) is 8.64. The van der Waals surface area contributed by atoms with Gasteiger partial charge in [0.25, 0.3) is 20.2 Å². The number of nitrogens with two attached hydrogens (primary N) is 2. The fourth-order valence-electron chi connectivity index (χ4n) is 4.96. The highest BCUT2D eigenvalue weighted by molar-refractivity contribution is 7.63. The van der Waals surface area contributed by atoms with Gasteiger partial charge in [0, 0.05) is 5.57 Å². The number of hydrogen-bond acceptors (Lipinski definition) is 19. The monoisotopic (exact) mass is 640 g/mol. The van der Waals surface area contributed by atoms with Crippen molar-refractivity contribution in [1.29, 1.82) is 0 Å². The number of amides is 2. The number of hydrogen-bond donors (Lipinski definition) is 9. The number of aliphatic imine (C=N–C) groups is 4. The lowest BCUT2D eigenvalue weighted by Gasteiger charge is -2.32. The molecule has 2 saturated heterocycles. The van der Waals surface area contributed by atoms with E-state index in [1.807, 2.05) is 0 Å². The molecule has 6 aliphatic heterocycles. The second kappa shape index (κ2) is 12.1. The minimum Gasteiger partial charge on any atom is -0.425 e. The number of carbonyl (C=O) groups is 3. The van der Waals surface area contributed by atoms with Crippen molar-refractivity contribution in [2.24, 2.45) is 31.4 Å². The highest BCUT2D eigenvalue weighted by Crippen LogP contribution is 2.35. The zero-order valence-corrected chi connectivity index (χ0v) is 23.4. The van der Waals surface area contributed by atoms with Crippen molar-refractivity contribution in [1.82, 2.24) is 20.4 Å². The van der Waals surface area contributed by atoms with Crippen molar-refractivity contribution in [3.8, 4) is 0 Å². The molecule has 21 nitrogen and oxygen atoms in total. The van der Waals surface area contributed by atoms with Gasteiger partial charge >= 0.3 is 5.71 Å². The van der Waals surface area contributed by atoms with Crippen LogP contribution in [-0.4, -0.2) is 145 Å². The molecule has 0 radical (unpaired) electrons. The van der Waals surface area contributed by atoms with E-state index in [2.05, 4.69) is 43.8 Å². The first-order valence-electron chi connectivity index (χ1n) is 12.8. The van der Waals surface area contributed by atoms with Gasteiger partial charge in [0.1, 0.15) is 18.3 Å². The largest absolute Gasteiger partial charge is 0.425 e. The second-order valence-corrected chi connectivity index (χ2v) is 10.9. The van der Waals surface area contributed by atoms with E-state index < -0.39 is 81.5 Å². The maximum Gasteiger partial charge on any atom is 0.386 e. The smallest absolute Gasteiger partial charge is 0.386 e. The molecule has 0 aromatic heterocycles. The van der Waals surface area contributed by atoms with E-state index in [4.69, 9.17) is 35.5 Å². The molecule has 0 aliphatic carbocycles. The molecule has 0 aromatic carbocycles. The summed E-state index contributed by atoms with van der Waals surface area (Å²) in [5.74, 6) is -0.910. The Labute approximate surface area is 248 Å². The van der Waals surface area contributed by atoms with Crippen LogP contribution in [0.3, 0.4) is 0 Å². The van der Waals surface area contributed by atoms with Crippen LogP contribution in [0.15, 0.2) is 44.3 Å². The maximum absolute atomic E-state index is 11.8. The van der Waals surface area contributed by atoms with E-state index in [1.165, 1.54) is 22.5 Å². The van der Waals surface area contributed by atoms with E-state index in [-0.39, 0.29) is 30.0 Å². The number of guanidine groups is 2. The Morgan fingerprint density at radius 3 is 1.86 bits per heavy atom. The number of carbonyl (C=O) groups excluding carboxylic acids is 3. The van der Waals surface area contributed by atoms with E-state index in [9.17, 15) is 29.7 Å². The van der Waals surface area contributed by atoms with Gasteiger partial charge in [-0.15, -0.1) is 0 Å². The van der Waals surface area contributed by atoms with Crippen LogP contribution < -0.4 is 22.1 Å². The van der Waals surface area contributed by atoms with Crippen molar-refractivity contribution in [3.63, 3.8) is 0 Å². The number of ether oxygens (including phenoxy) is 3. The molecule has 6 rings (SSSR count). The topological polar surface area (TPSA) is 312 Å². The average Bonchev–Trinajstić information content (AvgIpc) is 3.71. The first-order chi connectivity index (χ1) is 20.8. The van der Waals surface area contributed by atoms with Crippen LogP contribution in [0.5, 0.6) is 0 Å². The summed E-state index contributed by atoms with van der Waals surface area (Å²) in [5, 5.41) is 34.3. The molecular formula is C22H29N10O11P. The van der Waals surface area contributed by atoms with E-state index in [0.29, 0.717) is 5.57 Å². The summed E-state index contributed by atoms with van der Waals surface area (Å²) in [7, 11) is -2.96. The predicted molar refractivity (Wildman–Crippen MR) is 148 cm³/mol. The van der Waals surface area contributed by atoms with Crippen molar-refractivity contribution >= 4 is 50.5 Å². The van der Waals surface area contributed by atoms with Crippen molar-refractivity contribution in [3.05, 3.63) is 24.3 Å². The first-order valence-corrected chi connectivity index (χ1v) is 14.0.